The minimum absolute atomic E-state index is 0.154. The van der Waals surface area contributed by atoms with Crippen molar-refractivity contribution in [2.24, 2.45) is 5.73 Å². The number of rotatable bonds is 7. The topological polar surface area (TPSA) is 149 Å². The van der Waals surface area contributed by atoms with Crippen molar-refractivity contribution in [2.75, 3.05) is 5.32 Å². The van der Waals surface area contributed by atoms with Gasteiger partial charge in [0.15, 0.2) is 6.10 Å². The average molecular weight is 620 g/mol. The summed E-state index contributed by atoms with van der Waals surface area (Å²) in [5, 5.41) is 15.4. The van der Waals surface area contributed by atoms with Crippen molar-refractivity contribution in [3.8, 4) is 11.4 Å². The van der Waals surface area contributed by atoms with Gasteiger partial charge in [0.1, 0.15) is 6.61 Å². The van der Waals surface area contributed by atoms with Crippen LogP contribution in [-0.4, -0.2) is 37.6 Å². The number of aromatic nitrogens is 3. The molecule has 4 N–H and O–H groups in total. The van der Waals surface area contributed by atoms with Gasteiger partial charge in [0.2, 0.25) is 5.91 Å². The number of esters is 1. The smallest absolute Gasteiger partial charge is 0.340 e. The normalized spacial score (nSPS) is 15.3. The first-order valence-electron chi connectivity index (χ1n) is 15.8. The summed E-state index contributed by atoms with van der Waals surface area (Å²) >= 11 is 0. The van der Waals surface area contributed by atoms with Crippen LogP contribution in [0.5, 0.6) is 0 Å². The highest BCUT2D eigenvalue weighted by molar-refractivity contribution is 6.08. The van der Waals surface area contributed by atoms with Crippen LogP contribution in [0.15, 0.2) is 65.6 Å². The Kier molecular flexibility index (Phi) is 8.66. The van der Waals surface area contributed by atoms with E-state index in [1.165, 1.54) is 5.56 Å². The number of nitrogens with two attached hydrogens (primary N) is 1. The molecular weight excluding hydrogens is 582 g/mol. The molecule has 3 aromatic heterocycles. The monoisotopic (exact) mass is 619 g/mol. The van der Waals surface area contributed by atoms with E-state index in [0.717, 1.165) is 64.3 Å². The van der Waals surface area contributed by atoms with Gasteiger partial charge in [-0.1, -0.05) is 32.0 Å². The van der Waals surface area contributed by atoms with Gasteiger partial charge in [0.05, 0.1) is 40.6 Å². The number of aliphatic hydroxyl groups is 1. The average Bonchev–Trinajstić information content (AvgIpc) is 3.44. The first-order valence-corrected chi connectivity index (χ1v) is 15.8. The molecule has 1 amide bonds. The van der Waals surface area contributed by atoms with Crippen LogP contribution >= 0.6 is 0 Å². The zero-order valence-corrected chi connectivity index (χ0v) is 26.2. The summed E-state index contributed by atoms with van der Waals surface area (Å²) < 4.78 is 6.73. The summed E-state index contributed by atoms with van der Waals surface area (Å²) in [6.07, 6.45) is 3.74. The van der Waals surface area contributed by atoms with E-state index in [4.69, 9.17) is 15.5 Å². The van der Waals surface area contributed by atoms with Crippen LogP contribution in [0.3, 0.4) is 0 Å². The molecule has 5 heterocycles. The number of nitrogens with one attached hydrogen (secondary N) is 1. The zero-order chi connectivity index (χ0) is 32.5. The molecule has 7 rings (SSSR count). The van der Waals surface area contributed by atoms with E-state index in [1.807, 2.05) is 56.3 Å². The summed E-state index contributed by atoms with van der Waals surface area (Å²) in [4.78, 5) is 47.1. The van der Waals surface area contributed by atoms with Gasteiger partial charge in [-0.3, -0.25) is 14.6 Å². The lowest BCUT2D eigenvalue weighted by Crippen LogP contribution is -2.32. The number of cyclic esters (lactones) is 1. The number of hydrogen-bond acceptors (Lipinski definition) is 8. The zero-order valence-electron chi connectivity index (χ0n) is 26.2. The number of anilines is 1. The number of carbonyl (C=O) groups is 2. The summed E-state index contributed by atoms with van der Waals surface area (Å²) in [6.45, 7) is 5.85. The van der Waals surface area contributed by atoms with Crippen molar-refractivity contribution in [1.29, 1.82) is 0 Å². The van der Waals surface area contributed by atoms with Gasteiger partial charge in [-0.05, 0) is 80.1 Å². The number of nitrogens with zero attached hydrogens (tertiary/aromatic N) is 3. The van der Waals surface area contributed by atoms with Crippen LogP contribution in [0.4, 0.5) is 5.69 Å². The molecule has 0 fully saturated rings. The Morgan fingerprint density at radius 3 is 2.57 bits per heavy atom. The third-order valence-corrected chi connectivity index (χ3v) is 8.59. The van der Waals surface area contributed by atoms with Crippen molar-refractivity contribution >= 4 is 39.4 Å². The second-order valence-electron chi connectivity index (χ2n) is 11.5. The Labute approximate surface area is 266 Å². The van der Waals surface area contributed by atoms with Crippen LogP contribution in [0.2, 0.25) is 0 Å². The van der Waals surface area contributed by atoms with Crippen molar-refractivity contribution in [3.63, 3.8) is 0 Å². The number of hydrogen-bond donors (Lipinski definition) is 3. The standard InChI is InChI=1S/C34H31N5O5.C2H6/c1-18(35)32(41)37-20-10-8-19(9-11-20)5-2-3-6-21-24-16-39-28(15-23-25(33(39)42)17-44-34(43)31(23)40)30(24)38-27-13-12-26-22(29(21)27)7-4-14-36-26;1-2/h4,7-15,18,31,40H,2-3,5-6,16-17,35H2,1H3,(H,37,41);1-2H3. The molecule has 46 heavy (non-hydrogen) atoms. The van der Waals surface area contributed by atoms with E-state index in [0.29, 0.717) is 29.1 Å². The van der Waals surface area contributed by atoms with Gasteiger partial charge in [0.25, 0.3) is 5.56 Å². The van der Waals surface area contributed by atoms with Crippen LogP contribution < -0.4 is 16.6 Å². The Morgan fingerprint density at radius 1 is 1.07 bits per heavy atom. The molecule has 2 aromatic carbocycles. The van der Waals surface area contributed by atoms with E-state index >= 15 is 0 Å². The van der Waals surface area contributed by atoms with Crippen LogP contribution in [0, 0.1) is 0 Å². The maximum atomic E-state index is 13.6. The van der Waals surface area contributed by atoms with Gasteiger partial charge >= 0.3 is 5.97 Å². The first kappa shape index (κ1) is 31.1. The number of amides is 1. The van der Waals surface area contributed by atoms with Crippen LogP contribution in [-0.2, 0) is 40.3 Å². The number of ether oxygens (including phenoxy) is 1. The molecular formula is C36H37N5O5. The molecule has 10 nitrogen and oxygen atoms in total. The van der Waals surface area contributed by atoms with Gasteiger partial charge in [-0.15, -0.1) is 0 Å². The number of aliphatic hydroxyl groups excluding tert-OH is 1. The highest BCUT2D eigenvalue weighted by Gasteiger charge is 2.34. The molecule has 0 saturated carbocycles. The number of benzene rings is 2. The Balaban J connectivity index is 0.00000182. The summed E-state index contributed by atoms with van der Waals surface area (Å²) in [6, 6.07) is 16.9. The number of fused-ring (bicyclic) bond motifs is 7. The molecule has 0 saturated heterocycles. The third-order valence-electron chi connectivity index (χ3n) is 8.59. The van der Waals surface area contributed by atoms with E-state index in [9.17, 15) is 19.5 Å². The highest BCUT2D eigenvalue weighted by atomic mass is 16.5. The van der Waals surface area contributed by atoms with Gasteiger partial charge in [-0.2, -0.15) is 0 Å². The van der Waals surface area contributed by atoms with E-state index in [2.05, 4.69) is 16.4 Å². The molecule has 5 aromatic rings. The second-order valence-corrected chi connectivity index (χ2v) is 11.5. The van der Waals surface area contributed by atoms with Gasteiger partial charge in [0, 0.05) is 33.8 Å². The number of carbonyl (C=O) groups excluding carboxylic acids is 2. The molecule has 0 spiro atoms. The van der Waals surface area contributed by atoms with Crippen LogP contribution in [0.25, 0.3) is 33.2 Å². The first-order chi connectivity index (χ1) is 22.3. The quantitative estimate of drug-likeness (QED) is 0.129. The number of pyridine rings is 3. The number of aryl methyl sites for hydroxylation is 2. The predicted octanol–water partition coefficient (Wildman–Crippen LogP) is 4.94. The van der Waals surface area contributed by atoms with Gasteiger partial charge < -0.3 is 25.5 Å². The minimum Gasteiger partial charge on any atom is -0.458 e. The van der Waals surface area contributed by atoms with E-state index in [1.54, 1.807) is 23.8 Å². The largest absolute Gasteiger partial charge is 0.458 e. The molecule has 2 atom stereocenters. The minimum atomic E-state index is -1.49. The fourth-order valence-corrected chi connectivity index (χ4v) is 6.29. The Hall–Kier alpha value is -4.93. The van der Waals surface area contributed by atoms with E-state index in [-0.39, 0.29) is 18.1 Å². The fraction of sp³-hybridized carbons (Fsp3) is 0.306. The predicted molar refractivity (Wildman–Crippen MR) is 177 cm³/mol. The summed E-state index contributed by atoms with van der Waals surface area (Å²) in [7, 11) is 0. The van der Waals surface area contributed by atoms with Crippen molar-refractivity contribution in [1.82, 2.24) is 14.5 Å². The highest BCUT2D eigenvalue weighted by Crippen LogP contribution is 2.40. The molecule has 0 radical (unpaired) electrons. The molecule has 0 aliphatic carbocycles. The fourth-order valence-electron chi connectivity index (χ4n) is 6.29. The maximum absolute atomic E-state index is 13.6. The molecule has 2 aliphatic rings. The maximum Gasteiger partial charge on any atom is 0.340 e. The molecule has 2 aliphatic heterocycles. The summed E-state index contributed by atoms with van der Waals surface area (Å²) in [5.74, 6) is -0.976. The summed E-state index contributed by atoms with van der Waals surface area (Å²) in [5.41, 5.74) is 12.9. The van der Waals surface area contributed by atoms with Gasteiger partial charge in [-0.25, -0.2) is 9.78 Å². The lowest BCUT2D eigenvalue weighted by molar-refractivity contribution is -0.157. The molecule has 236 valence electrons. The lowest BCUT2D eigenvalue weighted by Gasteiger charge is -2.21. The van der Waals surface area contributed by atoms with Crippen molar-refractivity contribution < 1.29 is 19.4 Å². The Bertz CT molecular complexity index is 2030. The van der Waals surface area contributed by atoms with E-state index < -0.39 is 18.1 Å². The second kappa shape index (κ2) is 12.8. The lowest BCUT2D eigenvalue weighted by atomic mass is 9.93. The SMILES string of the molecule is CC.CC(N)C(=O)Nc1ccc(CCCCc2c3c(nc4ccc5ncccc5c24)-c2cc4c(c(=O)n2C3)COC(=O)C4O)cc1. The number of unbranched alkanes of at least 4 members (excludes halogenated alkanes) is 1. The molecule has 0 bridgehead atoms. The Morgan fingerprint density at radius 2 is 1.80 bits per heavy atom. The van der Waals surface area contributed by atoms with Crippen LogP contribution in [0.1, 0.15) is 67.5 Å². The molecule has 2 unspecified atom stereocenters. The van der Waals surface area contributed by atoms with Crippen molar-refractivity contribution in [2.45, 2.75) is 71.8 Å². The third kappa shape index (κ3) is 5.54. The molecule has 10 heteroatoms. The van der Waals surface area contributed by atoms with Crippen molar-refractivity contribution in [3.05, 3.63) is 99.0 Å².